The van der Waals surface area contributed by atoms with E-state index in [4.69, 9.17) is 53.4 Å². The Hall–Kier alpha value is -4.92. The van der Waals surface area contributed by atoms with Crippen molar-refractivity contribution in [2.24, 2.45) is 0 Å². The summed E-state index contributed by atoms with van der Waals surface area (Å²) in [6.07, 6.45) is -3.05. The molecule has 0 amide bonds. The van der Waals surface area contributed by atoms with Gasteiger partial charge in [0.25, 0.3) is 19.6 Å². The molecule has 2 aliphatic heterocycles. The summed E-state index contributed by atoms with van der Waals surface area (Å²) < 4.78 is 61.6. The van der Waals surface area contributed by atoms with E-state index in [1.165, 1.54) is 28.6 Å². The summed E-state index contributed by atoms with van der Waals surface area (Å²) in [5, 5.41) is 13.5. The molecule has 0 aliphatic carbocycles. The number of aliphatic hydroxyl groups excluding tert-OH is 1. The Kier molecular flexibility index (Phi) is 18.5. The van der Waals surface area contributed by atoms with Crippen molar-refractivity contribution in [1.82, 2.24) is 23.8 Å². The van der Waals surface area contributed by atoms with Crippen LogP contribution >= 0.6 is 15.2 Å². The van der Waals surface area contributed by atoms with E-state index in [2.05, 4.69) is 21.2 Å². The number of hydrogen-bond acceptors (Lipinski definition) is 16. The first kappa shape index (κ1) is 55.8. The molecule has 0 bridgehead atoms. The van der Waals surface area contributed by atoms with Crippen molar-refractivity contribution in [2.75, 3.05) is 34.5 Å². The van der Waals surface area contributed by atoms with Crippen LogP contribution in [-0.4, -0.2) is 106 Å². The molecule has 2 aliphatic rings. The van der Waals surface area contributed by atoms with E-state index >= 15 is 0 Å². The van der Waals surface area contributed by atoms with Crippen LogP contribution in [0.1, 0.15) is 80.8 Å². The first-order valence-corrected chi connectivity index (χ1v) is 27.5. The molecule has 7 rings (SSSR count). The minimum atomic E-state index is -3.90. The molecular formula is C51H65N5O14P2S. The lowest BCUT2D eigenvalue weighted by Crippen LogP contribution is -2.52. The van der Waals surface area contributed by atoms with E-state index in [-0.39, 0.29) is 43.7 Å². The molecular weight excluding hydrogens is 1000 g/mol. The van der Waals surface area contributed by atoms with E-state index in [0.717, 1.165) is 0 Å². The van der Waals surface area contributed by atoms with Gasteiger partial charge in [-0.25, -0.2) is 14.3 Å². The Labute approximate surface area is 430 Å². The highest BCUT2D eigenvalue weighted by molar-refractivity contribution is 8.07. The van der Waals surface area contributed by atoms with Gasteiger partial charge in [0.05, 0.1) is 39.0 Å². The molecule has 0 radical (unpaired) electrons. The van der Waals surface area contributed by atoms with Crippen molar-refractivity contribution in [3.05, 3.63) is 173 Å². The minimum absolute atomic E-state index is 0.00745. The lowest BCUT2D eigenvalue weighted by Gasteiger charge is -2.43. The van der Waals surface area contributed by atoms with Gasteiger partial charge in [-0.15, -0.1) is 6.58 Å². The quantitative estimate of drug-likeness (QED) is 0.0345. The summed E-state index contributed by atoms with van der Waals surface area (Å²) in [4.78, 5) is 56.6. The standard InChI is InChI=1S/C51H65N5O14P2S/c1-11-25-65-71(56(31(2)3)32(4)5)69-40-26-43(54-28-33(6)47(58)52-49(54)60)67-42(40)30-66-72(73,64-10)70-41-27-44(55-29-34(7)48(59)53-50(55)61)68-45(41)46(57)51(35-15-13-12-14-16-35,36-17-21-38(62-8)22-18-36)37-19-23-39(63-9)24-20-37/h11-24,28-29,31-32,40-46,57H,1,25-27,30H2,2-10H3,(H,52,58,60)(H,53,59,61)/t40-,41-,42+,43+,44+,45-,46?,71?,72?/m0/s1. The lowest BCUT2D eigenvalue weighted by molar-refractivity contribution is -0.0968. The van der Waals surface area contributed by atoms with Gasteiger partial charge in [-0.2, -0.15) is 0 Å². The second-order valence-electron chi connectivity index (χ2n) is 18.3. The zero-order valence-electron chi connectivity index (χ0n) is 42.4. The Bertz CT molecular complexity index is 2900. The number of nitrogens with one attached hydrogen (secondary N) is 2. The van der Waals surface area contributed by atoms with Crippen LogP contribution < -0.4 is 32.0 Å². The largest absolute Gasteiger partial charge is 0.497 e. The Morgan fingerprint density at radius 3 is 1.77 bits per heavy atom. The molecule has 5 aromatic rings. The van der Waals surface area contributed by atoms with Crippen LogP contribution in [0.25, 0.3) is 0 Å². The van der Waals surface area contributed by atoms with Crippen LogP contribution in [0, 0.1) is 13.8 Å². The smallest absolute Gasteiger partial charge is 0.330 e. The van der Waals surface area contributed by atoms with Gasteiger partial charge in [0.15, 0.2) is 0 Å². The van der Waals surface area contributed by atoms with Crippen molar-refractivity contribution >= 4 is 27.1 Å². The normalized spacial score (nSPS) is 21.9. The minimum Gasteiger partial charge on any atom is -0.497 e. The second-order valence-corrected chi connectivity index (χ2v) is 22.8. The van der Waals surface area contributed by atoms with E-state index in [0.29, 0.717) is 33.8 Å². The van der Waals surface area contributed by atoms with Gasteiger partial charge in [0, 0.05) is 55.6 Å². The number of methoxy groups -OCH3 is 2. The summed E-state index contributed by atoms with van der Waals surface area (Å²) in [5.74, 6) is 1.17. The molecule has 2 saturated heterocycles. The second kappa shape index (κ2) is 24.2. The zero-order chi connectivity index (χ0) is 52.8. The van der Waals surface area contributed by atoms with Gasteiger partial charge in [-0.1, -0.05) is 60.7 Å². The summed E-state index contributed by atoms with van der Waals surface area (Å²) in [6, 6.07) is 24.1. The Morgan fingerprint density at radius 2 is 1.29 bits per heavy atom. The average molecular weight is 1070 g/mol. The summed E-state index contributed by atoms with van der Waals surface area (Å²) in [6.45, 7) is 11.2. The molecule has 3 unspecified atom stereocenters. The fraction of sp³-hybridized carbons (Fsp3) is 0.451. The summed E-state index contributed by atoms with van der Waals surface area (Å²) >= 11 is 6.16. The Morgan fingerprint density at radius 1 is 0.795 bits per heavy atom. The van der Waals surface area contributed by atoms with E-state index < -0.39 is 86.1 Å². The first-order chi connectivity index (χ1) is 34.9. The van der Waals surface area contributed by atoms with Gasteiger partial charge < -0.3 is 46.7 Å². The SMILES string of the molecule is C=CCOP(O[C@H]1C[C@H](n2cc(C)c(=O)[nH]c2=O)O[C@@H]1COP(=S)(OC)O[C@H]1C[C@H](n2cc(C)c(=O)[nH]c2=O)O[C@@H]1C(O)C(c1ccccc1)(c1ccc(OC)cc1)c1ccc(OC)cc1)N(C(C)C)C(C)C. The number of aryl methyl sites for hydroxylation is 2. The number of aliphatic hydroxyl groups is 1. The van der Waals surface area contributed by atoms with E-state index in [1.807, 2.05) is 82.3 Å². The molecule has 2 aromatic heterocycles. The topological polar surface area (TPSA) is 216 Å². The summed E-state index contributed by atoms with van der Waals surface area (Å²) in [5.41, 5.74) is -1.36. The molecule has 0 spiro atoms. The third-order valence-electron chi connectivity index (χ3n) is 12.9. The summed E-state index contributed by atoms with van der Waals surface area (Å²) in [7, 11) is 2.74. The molecule has 9 atom stereocenters. The first-order valence-electron chi connectivity index (χ1n) is 23.8. The molecule has 2 fully saturated rings. The highest BCUT2D eigenvalue weighted by Crippen LogP contribution is 2.56. The van der Waals surface area contributed by atoms with Crippen LogP contribution in [0.2, 0.25) is 0 Å². The fourth-order valence-electron chi connectivity index (χ4n) is 9.43. The maximum atomic E-state index is 13.6. The van der Waals surface area contributed by atoms with Crippen molar-refractivity contribution < 1.29 is 46.7 Å². The maximum Gasteiger partial charge on any atom is 0.330 e. The molecule has 394 valence electrons. The van der Waals surface area contributed by atoms with E-state index in [9.17, 15) is 24.3 Å². The molecule has 22 heteroatoms. The van der Waals surface area contributed by atoms with Crippen LogP contribution in [0.3, 0.4) is 0 Å². The Balaban J connectivity index is 1.30. The van der Waals surface area contributed by atoms with Gasteiger partial charge in [0.1, 0.15) is 48.4 Å². The number of benzene rings is 3. The van der Waals surface area contributed by atoms with Gasteiger partial charge >= 0.3 is 18.1 Å². The molecule has 0 saturated carbocycles. The maximum absolute atomic E-state index is 13.6. The average Bonchev–Trinajstić information content (AvgIpc) is 3.98. The number of aromatic nitrogens is 4. The lowest BCUT2D eigenvalue weighted by atomic mass is 9.64. The number of rotatable bonds is 23. The predicted molar refractivity (Wildman–Crippen MR) is 280 cm³/mol. The molecule has 73 heavy (non-hydrogen) atoms. The zero-order valence-corrected chi connectivity index (χ0v) is 45.0. The van der Waals surface area contributed by atoms with Crippen LogP contribution in [-0.2, 0) is 49.3 Å². The van der Waals surface area contributed by atoms with E-state index in [1.54, 1.807) is 58.4 Å². The predicted octanol–water partition coefficient (Wildman–Crippen LogP) is 6.90. The molecule has 4 heterocycles. The van der Waals surface area contributed by atoms with Crippen LogP contribution in [0.15, 0.2) is 123 Å². The molecule has 19 nitrogen and oxygen atoms in total. The number of ether oxygens (including phenoxy) is 4. The highest BCUT2D eigenvalue weighted by atomic mass is 32.5. The molecule has 3 N–H and O–H groups in total. The van der Waals surface area contributed by atoms with Gasteiger partial charge in [-0.05, 0) is 94.3 Å². The van der Waals surface area contributed by atoms with Crippen LogP contribution in [0.4, 0.5) is 0 Å². The van der Waals surface area contributed by atoms with Gasteiger partial charge in [0.2, 0.25) is 0 Å². The van der Waals surface area contributed by atoms with Crippen molar-refractivity contribution in [1.29, 1.82) is 0 Å². The van der Waals surface area contributed by atoms with Crippen molar-refractivity contribution in [2.45, 2.75) is 115 Å². The van der Waals surface area contributed by atoms with Crippen LogP contribution in [0.5, 0.6) is 11.5 Å². The van der Waals surface area contributed by atoms with Crippen molar-refractivity contribution in [3.8, 4) is 11.5 Å². The monoisotopic (exact) mass is 1070 g/mol. The third kappa shape index (κ3) is 12.1. The highest BCUT2D eigenvalue weighted by Gasteiger charge is 2.54. The number of nitrogens with zero attached hydrogens (tertiary/aromatic N) is 3. The third-order valence-corrected chi connectivity index (χ3v) is 17.5. The number of H-pyrrole nitrogens is 2. The number of hydrogen-bond donors (Lipinski definition) is 3. The number of aromatic amines is 2. The fourth-order valence-corrected chi connectivity index (χ4v) is 12.8. The van der Waals surface area contributed by atoms with Crippen molar-refractivity contribution in [3.63, 3.8) is 0 Å². The molecule has 3 aromatic carbocycles. The van der Waals surface area contributed by atoms with Gasteiger partial charge in [-0.3, -0.25) is 28.7 Å².